The molecule has 1 N–H and O–H groups in total. The van der Waals surface area contributed by atoms with Gasteiger partial charge in [0.2, 0.25) is 6.34 Å². The lowest BCUT2D eigenvalue weighted by Crippen LogP contribution is -2.38. The Morgan fingerprint density at radius 1 is 1.16 bits per heavy atom. The van der Waals surface area contributed by atoms with Crippen molar-refractivity contribution in [1.82, 2.24) is 5.06 Å². The van der Waals surface area contributed by atoms with Crippen molar-refractivity contribution < 1.29 is 14.8 Å². The van der Waals surface area contributed by atoms with Gasteiger partial charge in [-0.3, -0.25) is 14.8 Å². The standard InChI is InChI=1S/C10H7N2O3S4/c13-6-5(12(15)2-11-10(6)14)3-1-4(16)8(18)9(19)7(3)17/h1,5,15-19H. The van der Waals surface area contributed by atoms with Gasteiger partial charge in [-0.1, -0.05) is 0 Å². The third-order valence-electron chi connectivity index (χ3n) is 2.51. The molecule has 5 nitrogen and oxygen atoms in total. The number of carbonyl (C=O) groups is 2. The minimum Gasteiger partial charge on any atom is -0.286 e. The van der Waals surface area contributed by atoms with Gasteiger partial charge in [0.15, 0.2) is 6.04 Å². The van der Waals surface area contributed by atoms with Gasteiger partial charge in [0, 0.05) is 25.1 Å². The number of nitrogens with zero attached hydrogens (tertiary/aromatic N) is 2. The second kappa shape index (κ2) is 5.41. The largest absolute Gasteiger partial charge is 0.317 e. The maximum absolute atomic E-state index is 11.8. The predicted molar refractivity (Wildman–Crippen MR) is 79.3 cm³/mol. The molecule has 1 atom stereocenters. The van der Waals surface area contributed by atoms with Crippen LogP contribution in [0.2, 0.25) is 0 Å². The van der Waals surface area contributed by atoms with Crippen LogP contribution in [0.15, 0.2) is 30.6 Å². The number of hydrogen-bond donors (Lipinski definition) is 5. The SMILES string of the molecule is O=C1N=[C]N(O)C(c2cc(S)c(S)c(S)c2S)C1=O. The van der Waals surface area contributed by atoms with Crippen molar-refractivity contribution >= 4 is 68.5 Å². The Labute approximate surface area is 130 Å². The average molecular weight is 331 g/mol. The minimum atomic E-state index is -1.26. The van der Waals surface area contributed by atoms with Gasteiger partial charge in [0.05, 0.1) is 0 Å². The number of hydrogen-bond acceptors (Lipinski definition) is 8. The van der Waals surface area contributed by atoms with E-state index in [1.165, 1.54) is 6.07 Å². The molecule has 1 unspecified atom stereocenters. The maximum atomic E-state index is 11.8. The third kappa shape index (κ3) is 2.52. The molecular formula is C10H7N2O3S4. The summed E-state index contributed by atoms with van der Waals surface area (Å²) in [4.78, 5) is 27.8. The number of hydroxylamine groups is 2. The van der Waals surface area contributed by atoms with Gasteiger partial charge in [-0.25, -0.2) is 5.06 Å². The average Bonchev–Trinajstić information content (AvgIpc) is 2.38. The number of Topliss-reactive ketones (excluding diaryl/α,β-unsaturated/α-hetero) is 1. The lowest BCUT2D eigenvalue weighted by Gasteiger charge is -2.26. The van der Waals surface area contributed by atoms with Crippen molar-refractivity contribution in [3.63, 3.8) is 0 Å². The van der Waals surface area contributed by atoms with Crippen LogP contribution in [0, 0.1) is 0 Å². The van der Waals surface area contributed by atoms with Gasteiger partial charge < -0.3 is 0 Å². The van der Waals surface area contributed by atoms with Gasteiger partial charge in [-0.2, -0.15) is 4.99 Å². The van der Waals surface area contributed by atoms with E-state index < -0.39 is 17.7 Å². The molecule has 2 rings (SSSR count). The minimum absolute atomic E-state index is 0.277. The Balaban J connectivity index is 2.62. The fourth-order valence-corrected chi connectivity index (χ4v) is 2.72. The van der Waals surface area contributed by atoms with Crippen LogP contribution in [-0.4, -0.2) is 28.3 Å². The number of amides is 1. The molecule has 1 aliphatic heterocycles. The van der Waals surface area contributed by atoms with E-state index in [1.807, 2.05) is 6.34 Å². The van der Waals surface area contributed by atoms with Crippen LogP contribution in [-0.2, 0) is 9.59 Å². The predicted octanol–water partition coefficient (Wildman–Crippen LogP) is 1.59. The number of benzene rings is 1. The molecule has 1 aromatic carbocycles. The quantitative estimate of drug-likeness (QED) is 0.400. The van der Waals surface area contributed by atoms with Gasteiger partial charge in [-0.05, 0) is 6.07 Å². The highest BCUT2D eigenvalue weighted by molar-refractivity contribution is 7.86. The molecule has 1 aromatic rings. The van der Waals surface area contributed by atoms with Crippen molar-refractivity contribution in [2.24, 2.45) is 4.99 Å². The van der Waals surface area contributed by atoms with Crippen molar-refractivity contribution in [2.75, 3.05) is 0 Å². The molecule has 1 heterocycles. The molecular weight excluding hydrogens is 324 g/mol. The van der Waals surface area contributed by atoms with Crippen LogP contribution >= 0.6 is 50.5 Å². The summed E-state index contributed by atoms with van der Waals surface area (Å²) in [5.74, 6) is -1.87. The Hall–Kier alpha value is -0.610. The molecule has 0 spiro atoms. The Bertz CT molecular complexity index is 617. The summed E-state index contributed by atoms with van der Waals surface area (Å²) in [6.45, 7) is 0. The summed E-state index contributed by atoms with van der Waals surface area (Å²) in [5.41, 5.74) is 0.277. The zero-order valence-corrected chi connectivity index (χ0v) is 12.7. The summed E-state index contributed by atoms with van der Waals surface area (Å²) in [7, 11) is 0. The first kappa shape index (κ1) is 14.8. The van der Waals surface area contributed by atoms with Crippen LogP contribution in [0.5, 0.6) is 0 Å². The highest BCUT2D eigenvalue weighted by Crippen LogP contribution is 2.38. The second-order valence-electron chi connectivity index (χ2n) is 3.66. The maximum Gasteiger partial charge on any atom is 0.317 e. The van der Waals surface area contributed by atoms with E-state index in [1.54, 1.807) is 0 Å². The van der Waals surface area contributed by atoms with E-state index >= 15 is 0 Å². The fraction of sp³-hybridized carbons (Fsp3) is 0.100. The van der Waals surface area contributed by atoms with Crippen molar-refractivity contribution in [3.05, 3.63) is 11.6 Å². The Morgan fingerprint density at radius 2 is 1.79 bits per heavy atom. The molecule has 1 amide bonds. The highest BCUT2D eigenvalue weighted by Gasteiger charge is 2.36. The topological polar surface area (TPSA) is 70.0 Å². The number of carbonyl (C=O) groups excluding carboxylic acids is 2. The van der Waals surface area contributed by atoms with E-state index in [4.69, 9.17) is 0 Å². The lowest BCUT2D eigenvalue weighted by molar-refractivity contribution is -0.148. The van der Waals surface area contributed by atoms with E-state index in [2.05, 4.69) is 55.5 Å². The monoisotopic (exact) mass is 331 g/mol. The molecule has 0 bridgehead atoms. The fourth-order valence-electron chi connectivity index (χ4n) is 1.57. The van der Waals surface area contributed by atoms with Crippen molar-refractivity contribution in [1.29, 1.82) is 0 Å². The van der Waals surface area contributed by atoms with Crippen LogP contribution in [0.3, 0.4) is 0 Å². The van der Waals surface area contributed by atoms with Gasteiger partial charge in [0.25, 0.3) is 5.78 Å². The molecule has 1 radical (unpaired) electrons. The van der Waals surface area contributed by atoms with Gasteiger partial charge >= 0.3 is 5.91 Å². The number of ketones is 1. The molecule has 0 saturated heterocycles. The summed E-state index contributed by atoms with van der Waals surface area (Å²) in [6, 6.07) is 0.225. The summed E-state index contributed by atoms with van der Waals surface area (Å²) in [5, 5.41) is 10.1. The molecule has 1 aliphatic rings. The lowest BCUT2D eigenvalue weighted by atomic mass is 10.0. The zero-order valence-electron chi connectivity index (χ0n) is 9.10. The molecule has 19 heavy (non-hydrogen) atoms. The van der Waals surface area contributed by atoms with Crippen LogP contribution in [0.25, 0.3) is 0 Å². The molecule has 0 fully saturated rings. The first-order valence-corrected chi connectivity index (χ1v) is 6.63. The van der Waals surface area contributed by atoms with Gasteiger partial charge in [0.1, 0.15) is 0 Å². The first-order chi connectivity index (χ1) is 8.84. The summed E-state index contributed by atoms with van der Waals surface area (Å²) < 4.78 is 0. The molecule has 0 aliphatic carbocycles. The van der Waals surface area contributed by atoms with E-state index in [0.29, 0.717) is 24.6 Å². The van der Waals surface area contributed by atoms with Crippen LogP contribution in [0.1, 0.15) is 11.6 Å². The smallest absolute Gasteiger partial charge is 0.286 e. The highest BCUT2D eigenvalue weighted by atomic mass is 32.1. The van der Waals surface area contributed by atoms with Crippen molar-refractivity contribution in [3.8, 4) is 0 Å². The Morgan fingerprint density at radius 3 is 2.42 bits per heavy atom. The van der Waals surface area contributed by atoms with E-state index in [-0.39, 0.29) is 5.56 Å². The third-order valence-corrected chi connectivity index (χ3v) is 4.78. The molecule has 0 aromatic heterocycles. The van der Waals surface area contributed by atoms with Crippen LogP contribution < -0.4 is 0 Å². The van der Waals surface area contributed by atoms with Crippen molar-refractivity contribution in [2.45, 2.75) is 25.6 Å². The number of rotatable bonds is 1. The van der Waals surface area contributed by atoms with Crippen LogP contribution in [0.4, 0.5) is 0 Å². The number of thiol groups is 4. The molecule has 0 saturated carbocycles. The summed E-state index contributed by atoms with van der Waals surface area (Å²) >= 11 is 16.8. The zero-order chi connectivity index (χ0) is 14.3. The number of aliphatic imine (C=N–C) groups is 1. The second-order valence-corrected chi connectivity index (χ2v) is 5.48. The normalized spacial score (nSPS) is 19.2. The molecule has 9 heteroatoms. The van der Waals surface area contributed by atoms with Gasteiger partial charge in [-0.15, -0.1) is 50.5 Å². The Kier molecular flexibility index (Phi) is 4.21. The molecule has 99 valence electrons. The van der Waals surface area contributed by atoms with E-state index in [0.717, 1.165) is 0 Å². The first-order valence-electron chi connectivity index (χ1n) is 4.84. The van der Waals surface area contributed by atoms with E-state index in [9.17, 15) is 14.8 Å². The summed E-state index contributed by atoms with van der Waals surface area (Å²) in [6.07, 6.45) is 2.03.